The Bertz CT molecular complexity index is 1150. The van der Waals surface area contributed by atoms with Gasteiger partial charge in [-0.05, 0) is 37.6 Å². The first kappa shape index (κ1) is 19.9. The number of aromatic nitrogens is 2. The fourth-order valence-corrected chi connectivity index (χ4v) is 3.82. The molecule has 0 saturated heterocycles. The van der Waals surface area contributed by atoms with Gasteiger partial charge in [0.15, 0.2) is 0 Å². The van der Waals surface area contributed by atoms with E-state index in [1.165, 1.54) is 11.8 Å². The largest absolute Gasteiger partial charge is 0.411 e. The summed E-state index contributed by atoms with van der Waals surface area (Å²) in [4.78, 5) is 12.5. The number of aryl methyl sites for hydroxylation is 2. The molecule has 1 aromatic heterocycles. The van der Waals surface area contributed by atoms with E-state index in [2.05, 4.69) is 21.6 Å². The molecule has 6 heteroatoms. The van der Waals surface area contributed by atoms with Crippen LogP contribution in [-0.4, -0.2) is 21.9 Å². The molecule has 5 nitrogen and oxygen atoms in total. The Balaban J connectivity index is 1.41. The van der Waals surface area contributed by atoms with Crippen molar-refractivity contribution in [3.8, 4) is 22.6 Å². The Morgan fingerprint density at radius 3 is 2.37 bits per heavy atom. The molecule has 0 aliphatic carbocycles. The molecule has 1 N–H and O–H groups in total. The first-order chi connectivity index (χ1) is 14.6. The third-order valence-corrected chi connectivity index (χ3v) is 5.31. The molecule has 0 spiro atoms. The zero-order valence-electron chi connectivity index (χ0n) is 16.8. The van der Waals surface area contributed by atoms with Gasteiger partial charge in [0.05, 0.1) is 5.75 Å². The standard InChI is InChI=1S/C24H21N3O2S/c1-16-12-17(2)14-19(13-16)23-26-27-24(29-23)30-15-22(28)25-21-11-7-6-10-20(21)18-8-4-3-5-9-18/h3-14H,15H2,1-2H3,(H,25,28). The summed E-state index contributed by atoms with van der Waals surface area (Å²) in [5, 5.41) is 11.5. The number of nitrogens with one attached hydrogen (secondary N) is 1. The van der Waals surface area contributed by atoms with E-state index in [0.29, 0.717) is 11.1 Å². The molecule has 4 rings (SSSR count). The second-order valence-corrected chi connectivity index (χ2v) is 7.92. The highest BCUT2D eigenvalue weighted by Crippen LogP contribution is 2.28. The molecule has 0 bridgehead atoms. The number of hydrogen-bond donors (Lipinski definition) is 1. The molecule has 0 aliphatic rings. The van der Waals surface area contributed by atoms with Gasteiger partial charge in [-0.1, -0.05) is 77.5 Å². The van der Waals surface area contributed by atoms with Crippen molar-refractivity contribution in [3.63, 3.8) is 0 Å². The Morgan fingerprint density at radius 2 is 1.60 bits per heavy atom. The molecule has 0 fully saturated rings. The summed E-state index contributed by atoms with van der Waals surface area (Å²) in [6.07, 6.45) is 0. The number of nitrogens with zero attached hydrogens (tertiary/aromatic N) is 2. The lowest BCUT2D eigenvalue weighted by Gasteiger charge is -2.10. The number of anilines is 1. The predicted molar refractivity (Wildman–Crippen MR) is 120 cm³/mol. The van der Waals surface area contributed by atoms with Crippen molar-refractivity contribution in [2.45, 2.75) is 19.1 Å². The number of para-hydroxylation sites is 1. The van der Waals surface area contributed by atoms with E-state index in [9.17, 15) is 4.79 Å². The Labute approximate surface area is 179 Å². The zero-order valence-corrected chi connectivity index (χ0v) is 17.6. The third kappa shape index (κ3) is 4.78. The van der Waals surface area contributed by atoms with Crippen molar-refractivity contribution in [1.29, 1.82) is 0 Å². The molecule has 0 saturated carbocycles. The monoisotopic (exact) mass is 415 g/mol. The van der Waals surface area contributed by atoms with E-state index >= 15 is 0 Å². The van der Waals surface area contributed by atoms with Crippen LogP contribution in [0.25, 0.3) is 22.6 Å². The maximum atomic E-state index is 12.5. The quantitative estimate of drug-likeness (QED) is 0.406. The Morgan fingerprint density at radius 1 is 0.900 bits per heavy atom. The van der Waals surface area contributed by atoms with E-state index in [4.69, 9.17) is 4.42 Å². The topological polar surface area (TPSA) is 68.0 Å². The highest BCUT2D eigenvalue weighted by Gasteiger charge is 2.13. The minimum absolute atomic E-state index is 0.130. The predicted octanol–water partition coefficient (Wildman–Crippen LogP) is 5.75. The summed E-state index contributed by atoms with van der Waals surface area (Å²) in [5.74, 6) is 0.506. The SMILES string of the molecule is Cc1cc(C)cc(-c2nnc(SCC(=O)Nc3ccccc3-c3ccccc3)o2)c1. The molecule has 0 radical (unpaired) electrons. The van der Waals surface area contributed by atoms with Crippen molar-refractivity contribution in [1.82, 2.24) is 10.2 Å². The van der Waals surface area contributed by atoms with Crippen molar-refractivity contribution < 1.29 is 9.21 Å². The van der Waals surface area contributed by atoms with E-state index in [1.54, 1.807) is 0 Å². The van der Waals surface area contributed by atoms with Crippen LogP contribution in [0.5, 0.6) is 0 Å². The second kappa shape index (κ2) is 8.97. The van der Waals surface area contributed by atoms with Gasteiger partial charge in [0, 0.05) is 16.8 Å². The molecule has 1 heterocycles. The van der Waals surface area contributed by atoms with Crippen molar-refractivity contribution in [2.24, 2.45) is 0 Å². The molecule has 0 aliphatic heterocycles. The summed E-state index contributed by atoms with van der Waals surface area (Å²) < 4.78 is 5.73. The highest BCUT2D eigenvalue weighted by atomic mass is 32.2. The molecule has 150 valence electrons. The minimum atomic E-state index is -0.130. The fourth-order valence-electron chi connectivity index (χ4n) is 3.26. The Kier molecular flexibility index (Phi) is 5.95. The normalized spacial score (nSPS) is 10.7. The molecule has 0 atom stereocenters. The fraction of sp³-hybridized carbons (Fsp3) is 0.125. The number of thioether (sulfide) groups is 1. The van der Waals surface area contributed by atoms with Crippen LogP contribution in [0.1, 0.15) is 11.1 Å². The first-order valence-electron chi connectivity index (χ1n) is 9.58. The number of carbonyl (C=O) groups excluding carboxylic acids is 1. The van der Waals surface area contributed by atoms with Gasteiger partial charge in [0.2, 0.25) is 11.8 Å². The van der Waals surface area contributed by atoms with Crippen LogP contribution in [-0.2, 0) is 4.79 Å². The number of hydrogen-bond acceptors (Lipinski definition) is 5. The summed E-state index contributed by atoms with van der Waals surface area (Å²) in [6, 6.07) is 23.8. The van der Waals surface area contributed by atoms with Gasteiger partial charge in [-0.2, -0.15) is 0 Å². The lowest BCUT2D eigenvalue weighted by atomic mass is 10.0. The number of carbonyl (C=O) groups is 1. The maximum absolute atomic E-state index is 12.5. The molecular weight excluding hydrogens is 394 g/mol. The Hall–Kier alpha value is -3.38. The van der Waals surface area contributed by atoms with Gasteiger partial charge in [-0.3, -0.25) is 4.79 Å². The number of rotatable bonds is 6. The summed E-state index contributed by atoms with van der Waals surface area (Å²) in [6.45, 7) is 4.06. The van der Waals surface area contributed by atoms with Gasteiger partial charge in [0.25, 0.3) is 5.22 Å². The molecule has 30 heavy (non-hydrogen) atoms. The van der Waals surface area contributed by atoms with Crippen LogP contribution in [0, 0.1) is 13.8 Å². The van der Waals surface area contributed by atoms with Crippen LogP contribution in [0.3, 0.4) is 0 Å². The first-order valence-corrected chi connectivity index (χ1v) is 10.6. The average molecular weight is 416 g/mol. The van der Waals surface area contributed by atoms with Gasteiger partial charge < -0.3 is 9.73 Å². The molecule has 4 aromatic rings. The minimum Gasteiger partial charge on any atom is -0.411 e. The smallest absolute Gasteiger partial charge is 0.277 e. The lowest BCUT2D eigenvalue weighted by molar-refractivity contribution is -0.113. The second-order valence-electron chi connectivity index (χ2n) is 7.00. The molecule has 0 unspecified atom stereocenters. The van der Waals surface area contributed by atoms with E-state index < -0.39 is 0 Å². The molecular formula is C24H21N3O2S. The number of amides is 1. The third-order valence-electron chi connectivity index (χ3n) is 4.49. The van der Waals surface area contributed by atoms with Gasteiger partial charge in [0.1, 0.15) is 0 Å². The molecule has 1 amide bonds. The van der Waals surface area contributed by atoms with Gasteiger partial charge in [-0.25, -0.2) is 0 Å². The summed E-state index contributed by atoms with van der Waals surface area (Å²) in [7, 11) is 0. The van der Waals surface area contributed by atoms with E-state index in [0.717, 1.165) is 33.5 Å². The highest BCUT2D eigenvalue weighted by molar-refractivity contribution is 7.99. The van der Waals surface area contributed by atoms with E-state index in [1.807, 2.05) is 80.6 Å². The summed E-state index contributed by atoms with van der Waals surface area (Å²) in [5.41, 5.74) is 5.95. The van der Waals surface area contributed by atoms with Gasteiger partial charge >= 0.3 is 0 Å². The zero-order chi connectivity index (χ0) is 20.9. The van der Waals surface area contributed by atoms with Crippen molar-refractivity contribution in [3.05, 3.63) is 83.9 Å². The van der Waals surface area contributed by atoms with Crippen molar-refractivity contribution >= 4 is 23.4 Å². The van der Waals surface area contributed by atoms with Crippen LogP contribution in [0.4, 0.5) is 5.69 Å². The van der Waals surface area contributed by atoms with Crippen LogP contribution < -0.4 is 5.32 Å². The van der Waals surface area contributed by atoms with Crippen molar-refractivity contribution in [2.75, 3.05) is 11.1 Å². The van der Waals surface area contributed by atoms with Crippen LogP contribution in [0.15, 0.2) is 82.4 Å². The number of benzene rings is 3. The summed E-state index contributed by atoms with van der Waals surface area (Å²) >= 11 is 1.22. The maximum Gasteiger partial charge on any atom is 0.277 e. The van der Waals surface area contributed by atoms with Crippen LogP contribution in [0.2, 0.25) is 0 Å². The molecule has 3 aromatic carbocycles. The average Bonchev–Trinajstić information content (AvgIpc) is 3.22. The van der Waals surface area contributed by atoms with Gasteiger partial charge in [-0.15, -0.1) is 10.2 Å². The lowest BCUT2D eigenvalue weighted by Crippen LogP contribution is -2.14. The van der Waals surface area contributed by atoms with E-state index in [-0.39, 0.29) is 11.7 Å². The van der Waals surface area contributed by atoms with Crippen LogP contribution >= 0.6 is 11.8 Å².